The molecule has 2 fully saturated rings. The second kappa shape index (κ2) is 22.0. The minimum Gasteiger partial charge on any atom is -0.870 e. The Kier molecular flexibility index (Phi) is 41.5. The first-order valence-corrected chi connectivity index (χ1v) is 13.1. The van der Waals surface area contributed by atoms with Crippen LogP contribution in [-0.4, -0.2) is 180 Å². The molecule has 2 rings (SSSR count). The summed E-state index contributed by atoms with van der Waals surface area (Å²) in [5.41, 5.74) is 0. The van der Waals surface area contributed by atoms with Crippen LogP contribution in [0.2, 0.25) is 0 Å². The molecule has 192 valence electrons. The standard InChI is InChI=1S/3Ba.2H3O9P3.6H2O/c;;;2*1-10(2)7-11(3,4)9-12(5,6)8-10;;;;;;/h;;;2*(H,1,2)(H,3,4)(H,5,6);6*1H2/q3*+2;;;;;;;;/p-7. The van der Waals surface area contributed by atoms with E-state index in [0.717, 1.165) is 0 Å². The van der Waals surface area contributed by atoms with Crippen LogP contribution in [0.4, 0.5) is 0 Å². The summed E-state index contributed by atoms with van der Waals surface area (Å²) in [6, 6.07) is 0. The first kappa shape index (κ1) is 62.1. The summed E-state index contributed by atoms with van der Waals surface area (Å²) in [4.78, 5) is 61.4. The van der Waals surface area contributed by atoms with Gasteiger partial charge in [-0.25, -0.2) is 25.9 Å². The van der Waals surface area contributed by atoms with Crippen molar-refractivity contribution in [3.05, 3.63) is 0 Å². The molecule has 24 nitrogen and oxygen atoms in total. The summed E-state index contributed by atoms with van der Waals surface area (Å²) in [5.74, 6) is 0. The molecular formula is H11Ba3O24P6-. The molecule has 0 unspecified atom stereocenters. The Labute approximate surface area is 303 Å². The van der Waals surface area contributed by atoms with Gasteiger partial charge in [0.05, 0.1) is 0 Å². The maximum Gasteiger partial charge on any atom is 2.00 e. The largest absolute Gasteiger partial charge is 2.00 e. The van der Waals surface area contributed by atoms with Gasteiger partial charge in [-0.3, -0.25) is 27.4 Å². The van der Waals surface area contributed by atoms with Crippen LogP contribution in [0.3, 0.4) is 0 Å². The Morgan fingerprint density at radius 3 is 0.455 bits per heavy atom. The monoisotopic (exact) mass is 995 g/mol. The van der Waals surface area contributed by atoms with Crippen LogP contribution < -0.4 is 29.4 Å². The maximum atomic E-state index is 10.2. The zero-order chi connectivity index (χ0) is 19.2. The summed E-state index contributed by atoms with van der Waals surface area (Å²) >= 11 is 0. The summed E-state index contributed by atoms with van der Waals surface area (Å²) in [5, 5.41) is 0. The predicted octanol–water partition coefficient (Wildman–Crippen LogP) is -8.53. The fourth-order valence-electron chi connectivity index (χ4n) is 0.824. The zero-order valence-corrected chi connectivity index (χ0v) is 33.8. The molecule has 0 aromatic carbocycles. The third-order valence-electron chi connectivity index (χ3n) is 1.20. The number of hydrogen-bond donors (Lipinski definition) is 0. The van der Waals surface area contributed by atoms with Crippen LogP contribution in [0.25, 0.3) is 0 Å². The van der Waals surface area contributed by atoms with Crippen molar-refractivity contribution in [1.29, 1.82) is 0 Å². The Morgan fingerprint density at radius 1 is 0.333 bits per heavy atom. The molecule has 0 spiro atoms. The van der Waals surface area contributed by atoms with E-state index in [9.17, 15) is 56.8 Å². The van der Waals surface area contributed by atoms with Crippen molar-refractivity contribution in [3.8, 4) is 0 Å². The van der Waals surface area contributed by atoms with E-state index in [1.54, 1.807) is 0 Å². The molecule has 33 heavy (non-hydrogen) atoms. The third-order valence-corrected chi connectivity index (χ3v) is 10.8. The third kappa shape index (κ3) is 27.3. The van der Waals surface area contributed by atoms with Crippen molar-refractivity contribution < 1.29 is 115 Å². The van der Waals surface area contributed by atoms with Gasteiger partial charge < -0.3 is 62.2 Å². The minimum absolute atomic E-state index is 0. The van der Waals surface area contributed by atoms with Gasteiger partial charge in [-0.1, -0.05) is 0 Å². The molecule has 0 amide bonds. The molecule has 2 aliphatic rings. The fraction of sp³-hybridized carbons (Fsp3) is 0. The molecule has 11 N–H and O–H groups in total. The second-order valence-electron chi connectivity index (χ2n) is 3.17. The SMILES string of the molecule is O.O.O.O.O.O=P1([O-])OP(=O)([O-])OP(=O)([O-])O1.O=P1([O-])OP(=O)([O-])OP(=O)([O-])O1.[Ba+2].[Ba+2].[Ba+2].[OH-]. The van der Waals surface area contributed by atoms with E-state index in [-0.39, 0.29) is 180 Å². The van der Waals surface area contributed by atoms with E-state index in [2.05, 4.69) is 25.9 Å². The molecule has 0 aromatic rings. The normalized spacial score (nSPS) is 40.2. The van der Waals surface area contributed by atoms with Crippen molar-refractivity contribution in [2.45, 2.75) is 0 Å². The van der Waals surface area contributed by atoms with Gasteiger partial charge in [0, 0.05) is 0 Å². The molecule has 2 aliphatic heterocycles. The Balaban J connectivity index is -0.0000000392. The van der Waals surface area contributed by atoms with Gasteiger partial charge >= 0.3 is 147 Å². The van der Waals surface area contributed by atoms with Gasteiger partial charge in [-0.05, 0) is 0 Å². The summed E-state index contributed by atoms with van der Waals surface area (Å²) < 4.78 is 80.5. The minimum atomic E-state index is -5.36. The van der Waals surface area contributed by atoms with Crippen molar-refractivity contribution in [2.24, 2.45) is 0 Å². The smallest absolute Gasteiger partial charge is 0.870 e. The topological polar surface area (TPSA) is 484 Å². The Hall–Kier alpha value is 5.37. The van der Waals surface area contributed by atoms with Crippen LogP contribution in [-0.2, 0) is 53.3 Å². The zero-order valence-electron chi connectivity index (χ0n) is 15.1. The fourth-order valence-corrected chi connectivity index (χ4v) is 9.03. The average Bonchev–Trinajstić information content (AvgIpc) is 1.97. The van der Waals surface area contributed by atoms with Crippen molar-refractivity contribution in [3.63, 3.8) is 0 Å². The molecule has 0 bridgehead atoms. The van der Waals surface area contributed by atoms with Crippen molar-refractivity contribution in [1.82, 2.24) is 0 Å². The number of hydrogen-bond acceptors (Lipinski definition) is 19. The van der Waals surface area contributed by atoms with Crippen LogP contribution in [0.5, 0.6) is 0 Å². The van der Waals surface area contributed by atoms with Gasteiger partial charge in [-0.2, -0.15) is 0 Å². The molecule has 2 saturated heterocycles. The first-order chi connectivity index (χ1) is 10.2. The summed E-state index contributed by atoms with van der Waals surface area (Å²) in [7, 11) is -32.1. The maximum absolute atomic E-state index is 10.2. The molecular weight excluding hydrogens is 982 g/mol. The Bertz CT molecular complexity index is 591. The molecule has 0 aromatic heterocycles. The first-order valence-electron chi connectivity index (χ1n) is 4.38. The van der Waals surface area contributed by atoms with Gasteiger partial charge in [-0.15, -0.1) is 0 Å². The molecule has 0 aliphatic carbocycles. The van der Waals surface area contributed by atoms with Gasteiger partial charge in [0.1, 0.15) is 0 Å². The van der Waals surface area contributed by atoms with E-state index in [1.165, 1.54) is 0 Å². The molecule has 0 saturated carbocycles. The van der Waals surface area contributed by atoms with Crippen LogP contribution in [0.1, 0.15) is 0 Å². The van der Waals surface area contributed by atoms with Gasteiger partial charge in [0.2, 0.25) is 0 Å². The summed E-state index contributed by atoms with van der Waals surface area (Å²) in [6.45, 7) is 0. The molecule has 0 atom stereocenters. The van der Waals surface area contributed by atoms with E-state index in [4.69, 9.17) is 0 Å². The van der Waals surface area contributed by atoms with E-state index >= 15 is 0 Å². The van der Waals surface area contributed by atoms with Gasteiger partial charge in [0.15, 0.2) is 0 Å². The molecule has 0 radical (unpaired) electrons. The quantitative estimate of drug-likeness (QED) is 0.161. The van der Waals surface area contributed by atoms with E-state index in [0.29, 0.717) is 0 Å². The molecule has 2 heterocycles. The average molecular weight is 993 g/mol. The van der Waals surface area contributed by atoms with Crippen LogP contribution in [0, 0.1) is 0 Å². The van der Waals surface area contributed by atoms with Gasteiger partial charge in [0.25, 0.3) is 46.9 Å². The number of rotatable bonds is 0. The Morgan fingerprint density at radius 2 is 0.394 bits per heavy atom. The second-order valence-corrected chi connectivity index (χ2v) is 12.5. The molecule has 33 heteroatoms. The van der Waals surface area contributed by atoms with Crippen molar-refractivity contribution in [2.75, 3.05) is 0 Å². The number of phosphoric acid groups is 6. The van der Waals surface area contributed by atoms with E-state index in [1.807, 2.05) is 0 Å². The van der Waals surface area contributed by atoms with Crippen LogP contribution >= 0.6 is 46.9 Å². The predicted molar refractivity (Wildman–Crippen MR) is 89.4 cm³/mol. The van der Waals surface area contributed by atoms with Crippen LogP contribution in [0.15, 0.2) is 0 Å². The summed E-state index contributed by atoms with van der Waals surface area (Å²) in [6.07, 6.45) is 0. The van der Waals surface area contributed by atoms with E-state index < -0.39 is 46.9 Å². The van der Waals surface area contributed by atoms with Crippen molar-refractivity contribution >= 4 is 194 Å².